The highest BCUT2D eigenvalue weighted by Crippen LogP contribution is 2.20. The number of piperazine rings is 1. The lowest BCUT2D eigenvalue weighted by Crippen LogP contribution is -2.51. The zero-order valence-corrected chi connectivity index (χ0v) is 18.4. The van der Waals surface area contributed by atoms with Crippen LogP contribution in [0.5, 0.6) is 0 Å². The molecule has 1 saturated heterocycles. The van der Waals surface area contributed by atoms with E-state index in [1.54, 1.807) is 32.9 Å². The first kappa shape index (κ1) is 22.7. The van der Waals surface area contributed by atoms with Gasteiger partial charge >= 0.3 is 12.1 Å². The predicted octanol–water partition coefficient (Wildman–Crippen LogP) is 1.14. The fourth-order valence-electron chi connectivity index (χ4n) is 3.02. The lowest BCUT2D eigenvalue weighted by Gasteiger charge is -2.34. The van der Waals surface area contributed by atoms with Gasteiger partial charge in [0, 0.05) is 26.2 Å². The van der Waals surface area contributed by atoms with Crippen molar-refractivity contribution in [3.8, 4) is 5.69 Å². The van der Waals surface area contributed by atoms with Crippen LogP contribution >= 0.6 is 0 Å². The van der Waals surface area contributed by atoms with Crippen LogP contribution in [0.15, 0.2) is 35.4 Å². The lowest BCUT2D eigenvalue weighted by molar-refractivity contribution is -0.136. The third-order valence-electron chi connectivity index (χ3n) is 4.50. The average molecular weight is 452 g/mol. The van der Waals surface area contributed by atoms with Crippen molar-refractivity contribution in [3.63, 3.8) is 0 Å². The minimum Gasteiger partial charge on any atom is -0.481 e. The molecule has 0 saturated carbocycles. The number of rotatable bonds is 5. The largest absolute Gasteiger partial charge is 0.481 e. The number of carboxylic acids is 1. The highest BCUT2D eigenvalue weighted by molar-refractivity contribution is 7.89. The van der Waals surface area contributed by atoms with Gasteiger partial charge in [-0.2, -0.15) is 4.31 Å². The molecule has 1 amide bonds. The van der Waals surface area contributed by atoms with Crippen LogP contribution in [-0.4, -0.2) is 81.6 Å². The third kappa shape index (κ3) is 5.58. The Hall–Kier alpha value is -2.99. The molecule has 3 rings (SSSR count). The zero-order valence-electron chi connectivity index (χ0n) is 17.6. The normalized spacial score (nSPS) is 15.6. The Morgan fingerprint density at radius 1 is 1.10 bits per heavy atom. The molecule has 1 aromatic carbocycles. The van der Waals surface area contributed by atoms with Gasteiger partial charge in [-0.1, -0.05) is 5.21 Å². The number of sulfonamides is 1. The summed E-state index contributed by atoms with van der Waals surface area (Å²) in [6.07, 6.45) is 0.777. The monoisotopic (exact) mass is 451 g/mol. The maximum absolute atomic E-state index is 13.0. The summed E-state index contributed by atoms with van der Waals surface area (Å²) >= 11 is 0. The smallest absolute Gasteiger partial charge is 0.410 e. The first-order chi connectivity index (χ1) is 14.5. The van der Waals surface area contributed by atoms with Crippen molar-refractivity contribution in [1.29, 1.82) is 0 Å². The Bertz CT molecular complexity index is 1050. The number of ether oxygens (including phenoxy) is 1. The fourth-order valence-corrected chi connectivity index (χ4v) is 4.44. The second kappa shape index (κ2) is 8.63. The van der Waals surface area contributed by atoms with Crippen molar-refractivity contribution in [2.75, 3.05) is 26.2 Å². The van der Waals surface area contributed by atoms with Crippen LogP contribution in [0.1, 0.15) is 26.5 Å². The van der Waals surface area contributed by atoms with Crippen molar-refractivity contribution >= 4 is 22.1 Å². The quantitative estimate of drug-likeness (QED) is 0.715. The molecule has 1 fully saturated rings. The first-order valence-electron chi connectivity index (χ1n) is 9.67. The summed E-state index contributed by atoms with van der Waals surface area (Å²) in [6.45, 7) is 6.18. The number of hydrogen-bond acceptors (Lipinski definition) is 7. The molecule has 2 heterocycles. The van der Waals surface area contributed by atoms with Crippen molar-refractivity contribution < 1.29 is 27.9 Å². The second-order valence-electron chi connectivity index (χ2n) is 8.09. The van der Waals surface area contributed by atoms with E-state index in [-0.39, 0.29) is 37.5 Å². The van der Waals surface area contributed by atoms with Gasteiger partial charge in [-0.25, -0.2) is 17.9 Å². The standard InChI is InChI=1S/C19H25N5O6S/c1-19(2,3)30-18(27)22-8-10-23(11-9-22)31(28,29)16-6-4-15(5-7-16)24-13-14(20-21-24)12-17(25)26/h4-7,13H,8-12H2,1-3H3,(H,25,26). The van der Waals surface area contributed by atoms with Crippen LogP contribution in [0.2, 0.25) is 0 Å². The molecule has 0 aliphatic carbocycles. The summed E-state index contributed by atoms with van der Waals surface area (Å²) < 4.78 is 34.0. The molecule has 0 atom stereocenters. The summed E-state index contributed by atoms with van der Waals surface area (Å²) in [7, 11) is -3.72. The van der Waals surface area contributed by atoms with Crippen LogP contribution in [0, 0.1) is 0 Å². The average Bonchev–Trinajstić information content (AvgIpc) is 3.14. The maximum Gasteiger partial charge on any atom is 0.410 e. The van der Waals surface area contributed by atoms with Gasteiger partial charge in [0.25, 0.3) is 0 Å². The molecule has 1 aliphatic heterocycles. The van der Waals surface area contributed by atoms with Crippen LogP contribution < -0.4 is 0 Å². The van der Waals surface area contributed by atoms with Gasteiger partial charge in [0.15, 0.2) is 0 Å². The van der Waals surface area contributed by atoms with E-state index in [0.717, 1.165) is 0 Å². The molecule has 11 nitrogen and oxygen atoms in total. The van der Waals surface area contributed by atoms with Gasteiger partial charge in [0.2, 0.25) is 10.0 Å². The molecule has 0 spiro atoms. The van der Waals surface area contributed by atoms with Gasteiger partial charge < -0.3 is 14.7 Å². The number of aromatic nitrogens is 3. The number of benzene rings is 1. The number of carbonyl (C=O) groups is 2. The van der Waals surface area contributed by atoms with Gasteiger partial charge in [-0.05, 0) is 45.0 Å². The number of carbonyl (C=O) groups excluding carboxylic acids is 1. The van der Waals surface area contributed by atoms with Crippen LogP contribution in [-0.2, 0) is 26.0 Å². The maximum atomic E-state index is 13.0. The summed E-state index contributed by atoms with van der Waals surface area (Å²) in [5.74, 6) is -1.01. The van der Waals surface area contributed by atoms with Crippen molar-refractivity contribution in [2.24, 2.45) is 0 Å². The van der Waals surface area contributed by atoms with Crippen LogP contribution in [0.25, 0.3) is 5.69 Å². The summed E-state index contributed by atoms with van der Waals surface area (Å²) in [4.78, 5) is 24.5. The van der Waals surface area contributed by atoms with E-state index in [9.17, 15) is 18.0 Å². The molecule has 31 heavy (non-hydrogen) atoms. The molecule has 168 valence electrons. The van der Waals surface area contributed by atoms with Crippen LogP contribution in [0.4, 0.5) is 4.79 Å². The number of carboxylic acid groups (broad SMARTS) is 1. The highest BCUT2D eigenvalue weighted by atomic mass is 32.2. The molecule has 2 aromatic rings. The van der Waals surface area contributed by atoms with Gasteiger partial charge in [0.05, 0.1) is 28.9 Å². The lowest BCUT2D eigenvalue weighted by atomic mass is 10.2. The number of nitrogens with zero attached hydrogens (tertiary/aromatic N) is 5. The molecule has 1 aliphatic rings. The Morgan fingerprint density at radius 2 is 1.71 bits per heavy atom. The van der Waals surface area contributed by atoms with Gasteiger partial charge in [0.1, 0.15) is 5.60 Å². The first-order valence-corrected chi connectivity index (χ1v) is 11.1. The topological polar surface area (TPSA) is 135 Å². The molecular formula is C19H25N5O6S. The Kier molecular flexibility index (Phi) is 6.32. The Balaban J connectivity index is 1.65. The summed E-state index contributed by atoms with van der Waals surface area (Å²) in [5, 5.41) is 16.5. The van der Waals surface area contributed by atoms with Gasteiger partial charge in [-0.15, -0.1) is 5.10 Å². The SMILES string of the molecule is CC(C)(C)OC(=O)N1CCN(S(=O)(=O)c2ccc(-n3cc(CC(=O)O)nn3)cc2)CC1. The Labute approximate surface area is 180 Å². The zero-order chi connectivity index (χ0) is 22.8. The molecule has 0 bridgehead atoms. The molecule has 12 heteroatoms. The van der Waals surface area contributed by atoms with E-state index < -0.39 is 27.7 Å². The summed E-state index contributed by atoms with van der Waals surface area (Å²) in [6, 6.07) is 6.07. The molecular weight excluding hydrogens is 426 g/mol. The minimum atomic E-state index is -3.72. The van der Waals surface area contributed by atoms with Crippen molar-refractivity contribution in [2.45, 2.75) is 37.7 Å². The molecule has 1 N–H and O–H groups in total. The van der Waals surface area contributed by atoms with E-state index >= 15 is 0 Å². The second-order valence-corrected chi connectivity index (χ2v) is 10.0. The van der Waals surface area contributed by atoms with E-state index in [2.05, 4.69) is 10.3 Å². The third-order valence-corrected chi connectivity index (χ3v) is 6.42. The van der Waals surface area contributed by atoms with E-state index in [1.165, 1.54) is 32.2 Å². The molecule has 0 unspecified atom stereocenters. The minimum absolute atomic E-state index is 0.118. The predicted molar refractivity (Wildman–Crippen MR) is 109 cm³/mol. The van der Waals surface area contributed by atoms with E-state index in [4.69, 9.17) is 9.84 Å². The summed E-state index contributed by atoms with van der Waals surface area (Å²) in [5.41, 5.74) is 0.241. The highest BCUT2D eigenvalue weighted by Gasteiger charge is 2.31. The van der Waals surface area contributed by atoms with E-state index in [0.29, 0.717) is 11.4 Å². The van der Waals surface area contributed by atoms with Crippen LogP contribution in [0.3, 0.4) is 0 Å². The number of hydrogen-bond donors (Lipinski definition) is 1. The fraction of sp³-hybridized carbons (Fsp3) is 0.474. The van der Waals surface area contributed by atoms with Crippen molar-refractivity contribution in [1.82, 2.24) is 24.2 Å². The number of aliphatic carboxylic acids is 1. The molecule has 0 radical (unpaired) electrons. The molecule has 1 aromatic heterocycles. The van der Waals surface area contributed by atoms with Gasteiger partial charge in [-0.3, -0.25) is 4.79 Å². The van der Waals surface area contributed by atoms with Crippen molar-refractivity contribution in [3.05, 3.63) is 36.2 Å². The number of amides is 1. The Morgan fingerprint density at radius 3 is 2.26 bits per heavy atom. The van der Waals surface area contributed by atoms with E-state index in [1.807, 2.05) is 0 Å².